The monoisotopic (exact) mass is 262 g/mol. The van der Waals surface area contributed by atoms with Crippen molar-refractivity contribution < 1.29 is 9.53 Å². The zero-order chi connectivity index (χ0) is 13.7. The molecular weight excluding hydrogens is 240 g/mol. The lowest BCUT2D eigenvalue weighted by Gasteiger charge is -2.26. The maximum absolute atomic E-state index is 11.9. The molecule has 0 aromatic heterocycles. The van der Waals surface area contributed by atoms with Crippen molar-refractivity contribution in [2.45, 2.75) is 32.2 Å². The summed E-state index contributed by atoms with van der Waals surface area (Å²) in [4.78, 5) is 13.8. The molecule has 1 atom stereocenters. The summed E-state index contributed by atoms with van der Waals surface area (Å²) in [6.45, 7) is 3.80. The van der Waals surface area contributed by atoms with Crippen molar-refractivity contribution in [3.05, 3.63) is 29.8 Å². The summed E-state index contributed by atoms with van der Waals surface area (Å²) in [7, 11) is 0. The van der Waals surface area contributed by atoms with Crippen LogP contribution in [0.4, 0.5) is 0 Å². The highest BCUT2D eigenvalue weighted by Crippen LogP contribution is 2.16. The van der Waals surface area contributed by atoms with Gasteiger partial charge in [0.05, 0.1) is 0 Å². The van der Waals surface area contributed by atoms with Crippen molar-refractivity contribution in [3.63, 3.8) is 0 Å². The maximum atomic E-state index is 11.9. The molecule has 4 heteroatoms. The molecule has 4 nitrogen and oxygen atoms in total. The average Bonchev–Trinajstić information content (AvgIpc) is 2.46. The zero-order valence-corrected chi connectivity index (χ0v) is 11.5. The van der Waals surface area contributed by atoms with Gasteiger partial charge < -0.3 is 15.4 Å². The maximum Gasteiger partial charge on any atom is 0.260 e. The molecule has 1 amide bonds. The third kappa shape index (κ3) is 3.96. The lowest BCUT2D eigenvalue weighted by Crippen LogP contribution is -2.38. The van der Waals surface area contributed by atoms with Gasteiger partial charge in [-0.05, 0) is 43.9 Å². The molecule has 1 aliphatic rings. The second-order valence-corrected chi connectivity index (χ2v) is 5.09. The van der Waals surface area contributed by atoms with E-state index in [0.717, 1.165) is 37.2 Å². The number of amides is 1. The number of nitrogens with two attached hydrogens (primary N) is 1. The highest BCUT2D eigenvalue weighted by Gasteiger charge is 2.16. The van der Waals surface area contributed by atoms with Gasteiger partial charge in [-0.2, -0.15) is 0 Å². The Morgan fingerprint density at radius 2 is 1.89 bits per heavy atom. The Morgan fingerprint density at radius 3 is 2.47 bits per heavy atom. The molecule has 2 rings (SSSR count). The first-order chi connectivity index (χ1) is 9.16. The number of likely N-dealkylation sites (tertiary alicyclic amines) is 1. The topological polar surface area (TPSA) is 55.6 Å². The number of hydrogen-bond donors (Lipinski definition) is 1. The minimum Gasteiger partial charge on any atom is -0.484 e. The lowest BCUT2D eigenvalue weighted by atomic mass is 10.1. The summed E-state index contributed by atoms with van der Waals surface area (Å²) >= 11 is 0. The molecule has 104 valence electrons. The Kier molecular flexibility index (Phi) is 4.80. The minimum atomic E-state index is 0.0176. The molecule has 0 spiro atoms. The number of benzene rings is 1. The van der Waals surface area contributed by atoms with Gasteiger partial charge in [-0.3, -0.25) is 4.79 Å². The standard InChI is InChI=1S/C15H22N2O2/c1-12(16)13-5-7-14(8-6-13)19-11-15(18)17-9-3-2-4-10-17/h5-8,12H,2-4,9-11,16H2,1H3. The normalized spacial score (nSPS) is 17.1. The van der Waals surface area contributed by atoms with Crippen molar-refractivity contribution in [1.29, 1.82) is 0 Å². The quantitative estimate of drug-likeness (QED) is 0.904. The lowest BCUT2D eigenvalue weighted by molar-refractivity contribution is -0.134. The summed E-state index contributed by atoms with van der Waals surface area (Å²) in [5.41, 5.74) is 6.85. The van der Waals surface area contributed by atoms with E-state index in [1.54, 1.807) is 0 Å². The van der Waals surface area contributed by atoms with Crippen LogP contribution in [0.15, 0.2) is 24.3 Å². The molecule has 1 heterocycles. The molecule has 0 bridgehead atoms. The predicted molar refractivity (Wildman–Crippen MR) is 75.0 cm³/mol. The molecule has 1 aromatic carbocycles. The van der Waals surface area contributed by atoms with E-state index in [1.807, 2.05) is 36.1 Å². The van der Waals surface area contributed by atoms with E-state index >= 15 is 0 Å². The van der Waals surface area contributed by atoms with E-state index in [9.17, 15) is 4.79 Å². The average molecular weight is 262 g/mol. The fourth-order valence-corrected chi connectivity index (χ4v) is 2.25. The van der Waals surface area contributed by atoms with Gasteiger partial charge in [0.1, 0.15) is 5.75 Å². The Bertz CT molecular complexity index is 409. The largest absolute Gasteiger partial charge is 0.484 e. The molecule has 19 heavy (non-hydrogen) atoms. The van der Waals surface area contributed by atoms with Crippen molar-refractivity contribution >= 4 is 5.91 Å². The number of hydrogen-bond acceptors (Lipinski definition) is 3. The number of ether oxygens (including phenoxy) is 1. The fraction of sp³-hybridized carbons (Fsp3) is 0.533. The van der Waals surface area contributed by atoms with E-state index in [2.05, 4.69) is 0 Å². The van der Waals surface area contributed by atoms with Crippen LogP contribution in [0.25, 0.3) is 0 Å². The number of carbonyl (C=O) groups excluding carboxylic acids is 1. The fourth-order valence-electron chi connectivity index (χ4n) is 2.25. The Morgan fingerprint density at radius 1 is 1.26 bits per heavy atom. The van der Waals surface area contributed by atoms with Crippen LogP contribution in [0.5, 0.6) is 5.75 Å². The molecule has 1 unspecified atom stereocenters. The van der Waals surface area contributed by atoms with Gasteiger partial charge in [-0.1, -0.05) is 12.1 Å². The van der Waals surface area contributed by atoms with Crippen LogP contribution in [0.1, 0.15) is 37.8 Å². The summed E-state index contributed by atoms with van der Waals surface area (Å²) in [5, 5.41) is 0. The van der Waals surface area contributed by atoms with Crippen LogP contribution in [0, 0.1) is 0 Å². The SMILES string of the molecule is CC(N)c1ccc(OCC(=O)N2CCCCC2)cc1. The molecule has 0 saturated carbocycles. The van der Waals surface area contributed by atoms with Gasteiger partial charge in [0, 0.05) is 19.1 Å². The first-order valence-corrected chi connectivity index (χ1v) is 6.93. The van der Waals surface area contributed by atoms with Gasteiger partial charge in [0.2, 0.25) is 0 Å². The van der Waals surface area contributed by atoms with Crippen LogP contribution in [-0.4, -0.2) is 30.5 Å². The summed E-state index contributed by atoms with van der Waals surface area (Å²) in [6, 6.07) is 7.62. The summed E-state index contributed by atoms with van der Waals surface area (Å²) < 4.78 is 5.52. The summed E-state index contributed by atoms with van der Waals surface area (Å²) in [6.07, 6.45) is 3.44. The zero-order valence-electron chi connectivity index (χ0n) is 11.5. The van der Waals surface area contributed by atoms with Crippen LogP contribution >= 0.6 is 0 Å². The number of piperidine rings is 1. The number of carbonyl (C=O) groups is 1. The third-order valence-electron chi connectivity index (χ3n) is 3.48. The van der Waals surface area contributed by atoms with Crippen LogP contribution in [-0.2, 0) is 4.79 Å². The minimum absolute atomic E-state index is 0.0176. The molecule has 0 aliphatic carbocycles. The van der Waals surface area contributed by atoms with Crippen molar-refractivity contribution in [2.75, 3.05) is 19.7 Å². The predicted octanol–water partition coefficient (Wildman–Crippen LogP) is 2.10. The molecule has 2 N–H and O–H groups in total. The highest BCUT2D eigenvalue weighted by atomic mass is 16.5. The van der Waals surface area contributed by atoms with Crippen LogP contribution in [0.2, 0.25) is 0 Å². The van der Waals surface area contributed by atoms with Gasteiger partial charge in [0.25, 0.3) is 5.91 Å². The van der Waals surface area contributed by atoms with Gasteiger partial charge in [-0.15, -0.1) is 0 Å². The van der Waals surface area contributed by atoms with Gasteiger partial charge >= 0.3 is 0 Å². The Hall–Kier alpha value is -1.55. The van der Waals surface area contributed by atoms with E-state index < -0.39 is 0 Å². The van der Waals surface area contributed by atoms with Crippen LogP contribution in [0.3, 0.4) is 0 Å². The highest BCUT2D eigenvalue weighted by molar-refractivity contribution is 5.77. The third-order valence-corrected chi connectivity index (χ3v) is 3.48. The second-order valence-electron chi connectivity index (χ2n) is 5.09. The van der Waals surface area contributed by atoms with E-state index in [1.165, 1.54) is 6.42 Å². The smallest absolute Gasteiger partial charge is 0.260 e. The molecule has 1 aliphatic heterocycles. The molecule has 1 aromatic rings. The number of rotatable bonds is 4. The van der Waals surface area contributed by atoms with Crippen molar-refractivity contribution in [1.82, 2.24) is 4.90 Å². The van der Waals surface area contributed by atoms with E-state index in [0.29, 0.717) is 0 Å². The van der Waals surface area contributed by atoms with Gasteiger partial charge in [-0.25, -0.2) is 0 Å². The van der Waals surface area contributed by atoms with E-state index in [-0.39, 0.29) is 18.6 Å². The Balaban J connectivity index is 1.82. The molecular formula is C15H22N2O2. The Labute approximate surface area is 114 Å². The van der Waals surface area contributed by atoms with Gasteiger partial charge in [0.15, 0.2) is 6.61 Å². The molecule has 0 radical (unpaired) electrons. The van der Waals surface area contributed by atoms with Crippen LogP contribution < -0.4 is 10.5 Å². The molecule has 1 saturated heterocycles. The first-order valence-electron chi connectivity index (χ1n) is 6.93. The molecule has 1 fully saturated rings. The number of nitrogens with zero attached hydrogens (tertiary/aromatic N) is 1. The first kappa shape index (κ1) is 13.9. The summed E-state index contributed by atoms with van der Waals surface area (Å²) in [5.74, 6) is 0.797. The van der Waals surface area contributed by atoms with E-state index in [4.69, 9.17) is 10.5 Å². The van der Waals surface area contributed by atoms with Crippen molar-refractivity contribution in [2.24, 2.45) is 5.73 Å². The van der Waals surface area contributed by atoms with Crippen molar-refractivity contribution in [3.8, 4) is 5.75 Å². The second kappa shape index (κ2) is 6.57.